The number of hydrogen-bond acceptors (Lipinski definition) is 11. The molecule has 7 N–H and O–H groups in total. The van der Waals surface area contributed by atoms with E-state index in [1.54, 1.807) is 6.08 Å². The van der Waals surface area contributed by atoms with Crippen LogP contribution < -0.4 is 5.32 Å². The third-order valence-corrected chi connectivity index (χ3v) is 9.38. The molecule has 256 valence electrons. The van der Waals surface area contributed by atoms with Crippen molar-refractivity contribution in [2.45, 2.75) is 132 Å². The van der Waals surface area contributed by atoms with Gasteiger partial charge in [-0.25, -0.2) is 0 Å². The number of hydrogen-bond donors (Lipinski definition) is 7. The number of allylic oxidation sites excluding steroid dienone is 2. The van der Waals surface area contributed by atoms with Gasteiger partial charge in [0, 0.05) is 37.5 Å². The Bertz CT molecular complexity index is 1020. The summed E-state index contributed by atoms with van der Waals surface area (Å²) in [6.07, 6.45) is 9.62. The Balaban J connectivity index is 1.41. The van der Waals surface area contributed by atoms with Crippen LogP contribution in [0.5, 0.6) is 0 Å². The van der Waals surface area contributed by atoms with Crippen LogP contribution in [0.15, 0.2) is 36.6 Å². The molecule has 12 nitrogen and oxygen atoms in total. The SMILES string of the molecule is CCNC(=O)CCCC=CCC1C(O[C@]2(C)OC(CO)[C@H](O)C(O)C2O)CC(O)C1C=CC(O)CCC1OCC=CN1C1CC1. The molecule has 2 aliphatic carbocycles. The van der Waals surface area contributed by atoms with Crippen LogP contribution in [0.3, 0.4) is 0 Å². The van der Waals surface area contributed by atoms with Gasteiger partial charge >= 0.3 is 0 Å². The van der Waals surface area contributed by atoms with Gasteiger partial charge < -0.3 is 55.1 Å². The summed E-state index contributed by atoms with van der Waals surface area (Å²) in [7, 11) is 0. The van der Waals surface area contributed by atoms with E-state index in [2.05, 4.69) is 16.4 Å². The third kappa shape index (κ3) is 9.59. The lowest BCUT2D eigenvalue weighted by atomic mass is 9.88. The van der Waals surface area contributed by atoms with Gasteiger partial charge in [0.15, 0.2) is 5.79 Å². The maximum absolute atomic E-state index is 11.8. The van der Waals surface area contributed by atoms with Gasteiger partial charge in [0.1, 0.15) is 30.6 Å². The lowest BCUT2D eigenvalue weighted by Crippen LogP contribution is -2.65. The van der Waals surface area contributed by atoms with Gasteiger partial charge in [0.2, 0.25) is 5.91 Å². The summed E-state index contributed by atoms with van der Waals surface area (Å²) in [5.74, 6) is -2.38. The molecule has 4 aliphatic rings. The van der Waals surface area contributed by atoms with Gasteiger partial charge in [0.05, 0.1) is 31.5 Å². The average molecular weight is 639 g/mol. The van der Waals surface area contributed by atoms with Gasteiger partial charge in [-0.2, -0.15) is 0 Å². The van der Waals surface area contributed by atoms with E-state index in [4.69, 9.17) is 14.2 Å². The van der Waals surface area contributed by atoms with E-state index >= 15 is 0 Å². The summed E-state index contributed by atoms with van der Waals surface area (Å²) in [6, 6.07) is 0.512. The summed E-state index contributed by atoms with van der Waals surface area (Å²) in [6.45, 7) is 3.91. The van der Waals surface area contributed by atoms with E-state index < -0.39 is 55.1 Å². The first-order chi connectivity index (χ1) is 21.6. The fourth-order valence-electron chi connectivity index (χ4n) is 6.70. The number of carbonyl (C=O) groups excluding carboxylic acids is 1. The van der Waals surface area contributed by atoms with Crippen LogP contribution >= 0.6 is 0 Å². The van der Waals surface area contributed by atoms with Crippen molar-refractivity contribution in [1.29, 1.82) is 0 Å². The zero-order valence-corrected chi connectivity index (χ0v) is 26.6. The molecule has 12 heteroatoms. The van der Waals surface area contributed by atoms with E-state index in [-0.39, 0.29) is 30.4 Å². The second-order valence-corrected chi connectivity index (χ2v) is 12.9. The topological polar surface area (TPSA) is 181 Å². The average Bonchev–Trinajstić information content (AvgIpc) is 3.83. The van der Waals surface area contributed by atoms with E-state index in [1.165, 1.54) is 6.92 Å². The standard InChI is InChI=1S/C33H54N2O10/c1-3-34-28(39)10-7-5-4-6-9-24-23(15-13-22(37)14-16-29-35(21-11-12-21)17-8-18-43-29)25(38)19-26(24)44-33(2)32(42)31(41)30(40)27(20-36)45-33/h4,6,8,13,15,17,21-27,29-32,36-38,40-42H,3,5,7,9-12,14,16,18-20H2,1-2H3,(H,34,39)/t22?,23?,24?,25?,26?,27?,29?,30-,31?,32?,33+/m0/s1. The van der Waals surface area contributed by atoms with Crippen molar-refractivity contribution >= 4 is 5.91 Å². The monoisotopic (exact) mass is 638 g/mol. The first-order valence-corrected chi connectivity index (χ1v) is 16.6. The minimum atomic E-state index is -1.75. The molecule has 2 saturated carbocycles. The quantitative estimate of drug-likeness (QED) is 0.0940. The second kappa shape index (κ2) is 16.8. The summed E-state index contributed by atoms with van der Waals surface area (Å²) in [4.78, 5) is 14.0. The molecule has 0 bridgehead atoms. The molecule has 4 rings (SSSR count). The Morgan fingerprint density at radius 1 is 1.20 bits per heavy atom. The van der Waals surface area contributed by atoms with E-state index in [0.717, 1.165) is 12.8 Å². The van der Waals surface area contributed by atoms with Gasteiger partial charge in [-0.15, -0.1) is 0 Å². The lowest BCUT2D eigenvalue weighted by Gasteiger charge is -2.47. The number of ether oxygens (including phenoxy) is 3. The number of aliphatic hydroxyl groups is 6. The number of aliphatic hydroxyl groups excluding tert-OH is 6. The predicted molar refractivity (Wildman–Crippen MR) is 165 cm³/mol. The Morgan fingerprint density at radius 2 is 1.98 bits per heavy atom. The molecule has 3 fully saturated rings. The molecule has 0 aromatic heterocycles. The number of unbranched alkanes of at least 4 members (excludes halogenated alkanes) is 1. The van der Waals surface area contributed by atoms with Crippen molar-refractivity contribution in [3.8, 4) is 0 Å². The van der Waals surface area contributed by atoms with E-state index in [0.29, 0.717) is 57.7 Å². The van der Waals surface area contributed by atoms with Crippen molar-refractivity contribution in [1.82, 2.24) is 10.2 Å². The number of nitrogens with one attached hydrogen (secondary N) is 1. The Kier molecular flexibility index (Phi) is 13.4. The Labute approximate surface area is 266 Å². The Hall–Kier alpha value is -1.87. The summed E-state index contributed by atoms with van der Waals surface area (Å²) in [5.41, 5.74) is 0. The first-order valence-electron chi connectivity index (χ1n) is 16.6. The largest absolute Gasteiger partial charge is 0.394 e. The van der Waals surface area contributed by atoms with Crippen molar-refractivity contribution in [3.63, 3.8) is 0 Å². The van der Waals surface area contributed by atoms with Crippen LogP contribution in [0.1, 0.15) is 71.6 Å². The molecule has 0 spiro atoms. The van der Waals surface area contributed by atoms with Crippen LogP contribution in [0.25, 0.3) is 0 Å². The van der Waals surface area contributed by atoms with Crippen LogP contribution in [0.2, 0.25) is 0 Å². The molecule has 1 saturated heterocycles. The minimum absolute atomic E-state index is 0.0153. The number of nitrogens with zero attached hydrogens (tertiary/aromatic N) is 1. The molecule has 2 heterocycles. The highest BCUT2D eigenvalue weighted by molar-refractivity contribution is 5.75. The molecule has 11 atom stereocenters. The zero-order valence-electron chi connectivity index (χ0n) is 26.6. The fraction of sp³-hybridized carbons (Fsp3) is 0.788. The zero-order chi connectivity index (χ0) is 32.6. The van der Waals surface area contributed by atoms with Crippen molar-refractivity contribution in [2.75, 3.05) is 19.8 Å². The van der Waals surface area contributed by atoms with Crippen LogP contribution in [0, 0.1) is 11.8 Å². The van der Waals surface area contributed by atoms with E-state index in [1.807, 2.05) is 31.2 Å². The number of rotatable bonds is 16. The molecule has 45 heavy (non-hydrogen) atoms. The molecule has 0 aromatic carbocycles. The highest BCUT2D eigenvalue weighted by Crippen LogP contribution is 2.42. The highest BCUT2D eigenvalue weighted by Gasteiger charge is 2.54. The summed E-state index contributed by atoms with van der Waals surface area (Å²) < 4.78 is 18.0. The second-order valence-electron chi connectivity index (χ2n) is 12.9. The molecular weight excluding hydrogens is 584 g/mol. The van der Waals surface area contributed by atoms with Gasteiger partial charge in [0.25, 0.3) is 0 Å². The summed E-state index contributed by atoms with van der Waals surface area (Å²) in [5, 5.41) is 65.9. The van der Waals surface area contributed by atoms with Crippen molar-refractivity contribution < 1.29 is 49.6 Å². The van der Waals surface area contributed by atoms with Crippen LogP contribution in [-0.2, 0) is 19.0 Å². The van der Waals surface area contributed by atoms with Gasteiger partial charge in [-0.1, -0.05) is 24.3 Å². The third-order valence-electron chi connectivity index (χ3n) is 9.38. The van der Waals surface area contributed by atoms with Crippen LogP contribution in [0.4, 0.5) is 0 Å². The molecule has 1 amide bonds. The summed E-state index contributed by atoms with van der Waals surface area (Å²) >= 11 is 0. The molecule has 9 unspecified atom stereocenters. The van der Waals surface area contributed by atoms with Gasteiger partial charge in [-0.05, 0) is 70.8 Å². The van der Waals surface area contributed by atoms with Gasteiger partial charge in [-0.3, -0.25) is 4.79 Å². The maximum atomic E-state index is 11.8. The number of carbonyl (C=O) groups is 1. The van der Waals surface area contributed by atoms with Crippen molar-refractivity contribution in [2.24, 2.45) is 11.8 Å². The fourth-order valence-corrected chi connectivity index (χ4v) is 6.70. The molecule has 0 radical (unpaired) electrons. The Morgan fingerprint density at radius 3 is 2.69 bits per heavy atom. The minimum Gasteiger partial charge on any atom is -0.394 e. The normalized spacial score (nSPS) is 38.0. The highest BCUT2D eigenvalue weighted by atomic mass is 16.7. The maximum Gasteiger partial charge on any atom is 0.219 e. The van der Waals surface area contributed by atoms with Crippen molar-refractivity contribution in [3.05, 3.63) is 36.6 Å². The smallest absolute Gasteiger partial charge is 0.219 e. The van der Waals surface area contributed by atoms with E-state index in [9.17, 15) is 35.4 Å². The molecule has 0 aromatic rings. The number of amides is 1. The lowest BCUT2D eigenvalue weighted by molar-refractivity contribution is -0.369. The molecule has 2 aliphatic heterocycles. The molecular formula is C33H54N2O10. The van der Waals surface area contributed by atoms with Crippen LogP contribution in [-0.4, -0.2) is 122 Å². The first kappa shape index (κ1) is 36.0. The predicted octanol–water partition coefficient (Wildman–Crippen LogP) is 0.843.